The van der Waals surface area contributed by atoms with Crippen LogP contribution >= 0.6 is 0 Å². The lowest BCUT2D eigenvalue weighted by molar-refractivity contribution is 0.203. The molecule has 0 aromatic heterocycles. The summed E-state index contributed by atoms with van der Waals surface area (Å²) in [5.41, 5.74) is 8.23. The van der Waals surface area contributed by atoms with E-state index in [1.165, 1.54) is 19.4 Å². The third-order valence-corrected chi connectivity index (χ3v) is 4.42. The zero-order valence-corrected chi connectivity index (χ0v) is 11.3. The Balaban J connectivity index is 1.85. The quantitative estimate of drug-likeness (QED) is 0.779. The van der Waals surface area contributed by atoms with E-state index >= 15 is 0 Å². The lowest BCUT2D eigenvalue weighted by Gasteiger charge is -2.43. The average Bonchev–Trinajstić information content (AvgIpc) is 2.84. The minimum atomic E-state index is 0.502. The molecule has 2 heterocycles. The van der Waals surface area contributed by atoms with Crippen LogP contribution in [0.2, 0.25) is 0 Å². The Bertz CT molecular complexity index is 519. The normalized spacial score (nSPS) is 27.1. The van der Waals surface area contributed by atoms with Gasteiger partial charge in [0.2, 0.25) is 0 Å². The summed E-state index contributed by atoms with van der Waals surface area (Å²) >= 11 is 0. The first kappa shape index (κ1) is 12.3. The van der Waals surface area contributed by atoms with Crippen molar-refractivity contribution in [1.82, 2.24) is 4.90 Å². The predicted molar refractivity (Wildman–Crippen MR) is 77.0 cm³/mol. The molecule has 2 aliphatic rings. The Morgan fingerprint density at radius 3 is 2.95 bits per heavy atom. The van der Waals surface area contributed by atoms with Crippen LogP contribution in [0.5, 0.6) is 0 Å². The second kappa shape index (κ2) is 4.75. The van der Waals surface area contributed by atoms with Crippen LogP contribution in [0.4, 0.5) is 11.4 Å². The Kier molecular flexibility index (Phi) is 3.08. The van der Waals surface area contributed by atoms with Crippen molar-refractivity contribution in [3.8, 4) is 6.07 Å². The van der Waals surface area contributed by atoms with E-state index in [9.17, 15) is 0 Å². The largest absolute Gasteiger partial charge is 0.398 e. The number of nitriles is 1. The van der Waals surface area contributed by atoms with Gasteiger partial charge in [-0.25, -0.2) is 0 Å². The molecule has 0 amide bonds. The smallest absolute Gasteiger partial charge is 0.101 e. The van der Waals surface area contributed by atoms with Crippen molar-refractivity contribution in [2.24, 2.45) is 0 Å². The zero-order valence-electron chi connectivity index (χ0n) is 11.3. The molecule has 1 aromatic rings. The van der Waals surface area contributed by atoms with E-state index in [2.05, 4.69) is 22.8 Å². The average molecular weight is 256 g/mol. The molecule has 1 aromatic carbocycles. The molecule has 4 heteroatoms. The van der Waals surface area contributed by atoms with Gasteiger partial charge < -0.3 is 10.6 Å². The lowest BCUT2D eigenvalue weighted by atomic mass is 10.1. The highest BCUT2D eigenvalue weighted by Gasteiger charge is 2.34. The van der Waals surface area contributed by atoms with E-state index in [0.29, 0.717) is 23.3 Å². The molecule has 0 spiro atoms. The van der Waals surface area contributed by atoms with Crippen LogP contribution in [-0.4, -0.2) is 36.6 Å². The highest BCUT2D eigenvalue weighted by molar-refractivity contribution is 5.64. The van der Waals surface area contributed by atoms with Gasteiger partial charge in [0, 0.05) is 30.9 Å². The van der Waals surface area contributed by atoms with Crippen LogP contribution in [0.25, 0.3) is 0 Å². The van der Waals surface area contributed by atoms with Gasteiger partial charge in [-0.3, -0.25) is 4.90 Å². The van der Waals surface area contributed by atoms with Crippen LogP contribution in [0.3, 0.4) is 0 Å². The maximum absolute atomic E-state index is 8.94. The predicted octanol–water partition coefficient (Wildman–Crippen LogP) is 1.81. The number of nitrogens with zero attached hydrogens (tertiary/aromatic N) is 3. The highest BCUT2D eigenvalue weighted by atomic mass is 15.3. The van der Waals surface area contributed by atoms with Crippen LogP contribution in [0, 0.1) is 11.3 Å². The van der Waals surface area contributed by atoms with Crippen molar-refractivity contribution in [2.75, 3.05) is 30.3 Å². The summed E-state index contributed by atoms with van der Waals surface area (Å²) in [6.07, 6.45) is 2.62. The van der Waals surface area contributed by atoms with E-state index in [1.807, 2.05) is 18.2 Å². The first-order chi connectivity index (χ1) is 9.19. The number of nitrogen functional groups attached to an aromatic ring is 1. The molecule has 100 valence electrons. The fourth-order valence-corrected chi connectivity index (χ4v) is 3.38. The number of benzene rings is 1. The molecule has 2 N–H and O–H groups in total. The van der Waals surface area contributed by atoms with Crippen molar-refractivity contribution >= 4 is 11.4 Å². The van der Waals surface area contributed by atoms with Gasteiger partial charge in [-0.15, -0.1) is 0 Å². The van der Waals surface area contributed by atoms with Crippen LogP contribution < -0.4 is 10.6 Å². The maximum atomic E-state index is 8.94. The second-order valence-corrected chi connectivity index (χ2v) is 5.68. The van der Waals surface area contributed by atoms with Crippen LogP contribution in [0.15, 0.2) is 18.2 Å². The third kappa shape index (κ3) is 2.15. The lowest BCUT2D eigenvalue weighted by Crippen LogP contribution is -2.55. The molecule has 4 nitrogen and oxygen atoms in total. The number of nitrogens with two attached hydrogens (primary N) is 1. The molecule has 2 fully saturated rings. The number of hydrogen-bond donors (Lipinski definition) is 1. The van der Waals surface area contributed by atoms with Gasteiger partial charge in [-0.2, -0.15) is 5.26 Å². The van der Waals surface area contributed by atoms with Crippen molar-refractivity contribution in [1.29, 1.82) is 5.26 Å². The van der Waals surface area contributed by atoms with Crippen molar-refractivity contribution in [3.63, 3.8) is 0 Å². The van der Waals surface area contributed by atoms with Crippen LogP contribution in [0.1, 0.15) is 25.3 Å². The Morgan fingerprint density at radius 1 is 1.37 bits per heavy atom. The molecule has 0 aliphatic carbocycles. The number of rotatable bonds is 1. The Labute approximate surface area is 114 Å². The van der Waals surface area contributed by atoms with Gasteiger partial charge in [0.05, 0.1) is 11.3 Å². The fourth-order valence-electron chi connectivity index (χ4n) is 3.38. The molecular weight excluding hydrogens is 236 g/mol. The van der Waals surface area contributed by atoms with E-state index in [4.69, 9.17) is 11.0 Å². The summed E-state index contributed by atoms with van der Waals surface area (Å²) in [5.74, 6) is 0. The van der Waals surface area contributed by atoms with Gasteiger partial charge in [0.25, 0.3) is 0 Å². The first-order valence-corrected chi connectivity index (χ1v) is 6.99. The molecule has 2 atom stereocenters. The first-order valence-electron chi connectivity index (χ1n) is 6.99. The van der Waals surface area contributed by atoms with Gasteiger partial charge in [-0.1, -0.05) is 0 Å². The number of fused-ring (bicyclic) bond motifs is 1. The molecule has 2 saturated heterocycles. The standard InChI is InChI=1S/C15H20N4/c1-11-9-18-6-2-3-14(18)10-19(11)13-5-4-12(8-16)15(17)7-13/h4-5,7,11,14H,2-3,6,9-10,17H2,1H3. The van der Waals surface area contributed by atoms with Crippen molar-refractivity contribution < 1.29 is 0 Å². The highest BCUT2D eigenvalue weighted by Crippen LogP contribution is 2.30. The van der Waals surface area contributed by atoms with Gasteiger partial charge >= 0.3 is 0 Å². The van der Waals surface area contributed by atoms with Crippen molar-refractivity contribution in [3.05, 3.63) is 23.8 Å². The molecular formula is C15H20N4. The molecule has 2 aliphatic heterocycles. The summed E-state index contributed by atoms with van der Waals surface area (Å²) in [7, 11) is 0. The van der Waals surface area contributed by atoms with Crippen LogP contribution in [-0.2, 0) is 0 Å². The minimum absolute atomic E-state index is 0.502. The summed E-state index contributed by atoms with van der Waals surface area (Å²) < 4.78 is 0. The van der Waals surface area contributed by atoms with Gasteiger partial charge in [0.15, 0.2) is 0 Å². The molecule has 0 radical (unpaired) electrons. The number of hydrogen-bond acceptors (Lipinski definition) is 4. The van der Waals surface area contributed by atoms with E-state index in [0.717, 1.165) is 18.8 Å². The van der Waals surface area contributed by atoms with E-state index in [1.54, 1.807) is 0 Å². The maximum Gasteiger partial charge on any atom is 0.101 e. The molecule has 0 saturated carbocycles. The zero-order chi connectivity index (χ0) is 13.4. The third-order valence-electron chi connectivity index (χ3n) is 4.42. The SMILES string of the molecule is CC1CN2CCCC2CN1c1ccc(C#N)c(N)c1. The number of piperazine rings is 1. The van der Waals surface area contributed by atoms with Gasteiger partial charge in [0.1, 0.15) is 6.07 Å². The molecule has 0 bridgehead atoms. The Hall–Kier alpha value is -1.73. The summed E-state index contributed by atoms with van der Waals surface area (Å²) in [6, 6.07) is 9.11. The minimum Gasteiger partial charge on any atom is -0.398 e. The fraction of sp³-hybridized carbons (Fsp3) is 0.533. The van der Waals surface area contributed by atoms with E-state index in [-0.39, 0.29) is 0 Å². The topological polar surface area (TPSA) is 56.3 Å². The molecule has 3 rings (SSSR count). The summed E-state index contributed by atoms with van der Waals surface area (Å²) in [5, 5.41) is 8.94. The monoisotopic (exact) mass is 256 g/mol. The van der Waals surface area contributed by atoms with Gasteiger partial charge in [-0.05, 0) is 44.5 Å². The summed E-state index contributed by atoms with van der Waals surface area (Å²) in [6.45, 7) is 5.72. The van der Waals surface area contributed by atoms with Crippen molar-refractivity contribution in [2.45, 2.75) is 31.8 Å². The number of anilines is 2. The molecule has 2 unspecified atom stereocenters. The summed E-state index contributed by atoms with van der Waals surface area (Å²) in [4.78, 5) is 5.04. The second-order valence-electron chi connectivity index (χ2n) is 5.68. The molecule has 19 heavy (non-hydrogen) atoms. The Morgan fingerprint density at radius 2 is 2.21 bits per heavy atom. The van der Waals surface area contributed by atoms with E-state index < -0.39 is 0 Å².